The lowest BCUT2D eigenvalue weighted by molar-refractivity contribution is -0.0421. The number of rotatable bonds is 2. The van der Waals surface area contributed by atoms with Crippen LogP contribution in [0.25, 0.3) is 4.96 Å². The van der Waals surface area contributed by atoms with E-state index in [0.717, 1.165) is 4.88 Å². The predicted molar refractivity (Wildman–Crippen MR) is 84.6 cm³/mol. The Morgan fingerprint density at radius 3 is 3.00 bits per heavy atom. The van der Waals surface area contributed by atoms with Crippen LogP contribution in [0.1, 0.15) is 29.1 Å². The van der Waals surface area contributed by atoms with Gasteiger partial charge in [0.2, 0.25) is 0 Å². The first kappa shape index (κ1) is 15.2. The monoisotopic (exact) mass is 321 g/mol. The zero-order valence-corrected chi connectivity index (χ0v) is 13.7. The van der Waals surface area contributed by atoms with Crippen LogP contribution in [-0.4, -0.2) is 46.0 Å². The highest BCUT2D eigenvalue weighted by Crippen LogP contribution is 2.16. The molecule has 0 bridgehead atoms. The highest BCUT2D eigenvalue weighted by molar-refractivity contribution is 7.16. The van der Waals surface area contributed by atoms with Gasteiger partial charge in [-0.15, -0.1) is 11.3 Å². The van der Waals surface area contributed by atoms with E-state index >= 15 is 0 Å². The van der Waals surface area contributed by atoms with Crippen LogP contribution in [0.5, 0.6) is 0 Å². The molecule has 1 saturated heterocycles. The van der Waals surface area contributed by atoms with Gasteiger partial charge in [-0.3, -0.25) is 14.0 Å². The van der Waals surface area contributed by atoms with Gasteiger partial charge in [0.25, 0.3) is 11.5 Å². The van der Waals surface area contributed by atoms with Crippen molar-refractivity contribution >= 4 is 22.2 Å². The van der Waals surface area contributed by atoms with E-state index in [4.69, 9.17) is 4.74 Å². The maximum absolute atomic E-state index is 12.7. The summed E-state index contributed by atoms with van der Waals surface area (Å²) in [6.07, 6.45) is 3.14. The van der Waals surface area contributed by atoms with Crippen molar-refractivity contribution < 1.29 is 9.53 Å². The number of aryl methyl sites for hydroxylation is 1. The standard InChI is InChI=1S/C15H19N3O3S/c1-9(2)12-8-17(4-5-21-12)13(19)11-6-16-15-18(14(11)20)7-10(3)22-15/h6-7,9,12H,4-5,8H2,1-3H3. The molecule has 2 aromatic rings. The second-order valence-corrected chi connectivity index (χ2v) is 7.09. The summed E-state index contributed by atoms with van der Waals surface area (Å²) >= 11 is 1.43. The van der Waals surface area contributed by atoms with Crippen molar-refractivity contribution in [1.82, 2.24) is 14.3 Å². The molecule has 0 N–H and O–H groups in total. The molecule has 1 fully saturated rings. The van der Waals surface area contributed by atoms with Crippen LogP contribution in [0.3, 0.4) is 0 Å². The first-order valence-electron chi connectivity index (χ1n) is 7.36. The molecule has 22 heavy (non-hydrogen) atoms. The molecule has 1 aliphatic rings. The van der Waals surface area contributed by atoms with Gasteiger partial charge in [-0.05, 0) is 12.8 Å². The summed E-state index contributed by atoms with van der Waals surface area (Å²) in [6.45, 7) is 7.57. The van der Waals surface area contributed by atoms with E-state index in [0.29, 0.717) is 30.6 Å². The quantitative estimate of drug-likeness (QED) is 0.842. The molecule has 0 spiro atoms. The van der Waals surface area contributed by atoms with Crippen molar-refractivity contribution in [2.24, 2.45) is 5.92 Å². The molecular weight excluding hydrogens is 302 g/mol. The topological polar surface area (TPSA) is 63.9 Å². The predicted octanol–water partition coefficient (Wildman–Crippen LogP) is 1.56. The number of ether oxygens (including phenoxy) is 1. The zero-order chi connectivity index (χ0) is 15.9. The van der Waals surface area contributed by atoms with E-state index < -0.39 is 0 Å². The van der Waals surface area contributed by atoms with Crippen molar-refractivity contribution in [3.63, 3.8) is 0 Å². The van der Waals surface area contributed by atoms with E-state index in [-0.39, 0.29) is 23.1 Å². The van der Waals surface area contributed by atoms with Crippen LogP contribution >= 0.6 is 11.3 Å². The maximum Gasteiger partial charge on any atom is 0.271 e. The summed E-state index contributed by atoms with van der Waals surface area (Å²) < 4.78 is 7.12. The van der Waals surface area contributed by atoms with E-state index in [1.54, 1.807) is 11.1 Å². The minimum Gasteiger partial charge on any atom is -0.374 e. The summed E-state index contributed by atoms with van der Waals surface area (Å²) in [5.74, 6) is 0.0709. The molecule has 0 aromatic carbocycles. The molecule has 118 valence electrons. The maximum atomic E-state index is 12.7. The number of hydrogen-bond acceptors (Lipinski definition) is 5. The van der Waals surface area contributed by atoms with Gasteiger partial charge in [0, 0.05) is 30.4 Å². The largest absolute Gasteiger partial charge is 0.374 e. The Bertz CT molecular complexity index is 765. The van der Waals surface area contributed by atoms with Crippen LogP contribution < -0.4 is 5.56 Å². The minimum absolute atomic E-state index is 0.0144. The molecular formula is C15H19N3O3S. The molecule has 0 saturated carbocycles. The van der Waals surface area contributed by atoms with Crippen LogP contribution in [0.2, 0.25) is 0 Å². The third kappa shape index (κ3) is 2.66. The Morgan fingerprint density at radius 2 is 2.27 bits per heavy atom. The summed E-state index contributed by atoms with van der Waals surface area (Å²) in [5, 5.41) is 0. The molecule has 7 heteroatoms. The van der Waals surface area contributed by atoms with Crippen molar-refractivity contribution in [2.75, 3.05) is 19.7 Å². The molecule has 1 atom stereocenters. The summed E-state index contributed by atoms with van der Waals surface area (Å²) in [7, 11) is 0. The number of morpholine rings is 1. The summed E-state index contributed by atoms with van der Waals surface area (Å²) in [5.41, 5.74) is -0.174. The van der Waals surface area contributed by atoms with E-state index in [1.807, 2.05) is 6.92 Å². The van der Waals surface area contributed by atoms with Gasteiger partial charge >= 0.3 is 0 Å². The van der Waals surface area contributed by atoms with Gasteiger partial charge < -0.3 is 9.64 Å². The fourth-order valence-electron chi connectivity index (χ4n) is 2.58. The molecule has 0 radical (unpaired) electrons. The van der Waals surface area contributed by atoms with Gasteiger partial charge in [0.05, 0.1) is 12.7 Å². The Kier molecular flexibility index (Phi) is 4.01. The lowest BCUT2D eigenvalue weighted by Crippen LogP contribution is -2.48. The van der Waals surface area contributed by atoms with Gasteiger partial charge in [-0.2, -0.15) is 0 Å². The molecule has 1 unspecified atom stereocenters. The van der Waals surface area contributed by atoms with Crippen LogP contribution in [-0.2, 0) is 4.74 Å². The van der Waals surface area contributed by atoms with Gasteiger partial charge in [0.1, 0.15) is 5.56 Å². The number of aromatic nitrogens is 2. The Morgan fingerprint density at radius 1 is 1.50 bits per heavy atom. The Labute approximate surface area is 132 Å². The molecule has 2 aromatic heterocycles. The number of hydrogen-bond donors (Lipinski definition) is 0. The third-order valence-electron chi connectivity index (χ3n) is 3.88. The molecule has 3 rings (SSSR count). The number of thiazole rings is 1. The van der Waals surface area contributed by atoms with E-state index in [9.17, 15) is 9.59 Å². The normalized spacial score (nSPS) is 19.1. The first-order valence-corrected chi connectivity index (χ1v) is 8.17. The number of amides is 1. The van der Waals surface area contributed by atoms with Gasteiger partial charge in [-0.1, -0.05) is 13.8 Å². The van der Waals surface area contributed by atoms with Crippen LogP contribution in [0, 0.1) is 12.8 Å². The smallest absolute Gasteiger partial charge is 0.271 e. The fraction of sp³-hybridized carbons (Fsp3) is 0.533. The molecule has 3 heterocycles. The highest BCUT2D eigenvalue weighted by Gasteiger charge is 2.28. The van der Waals surface area contributed by atoms with Gasteiger partial charge in [0.15, 0.2) is 4.96 Å². The average molecular weight is 321 g/mol. The van der Waals surface area contributed by atoms with Crippen molar-refractivity contribution in [2.45, 2.75) is 26.9 Å². The molecule has 0 aliphatic carbocycles. The highest BCUT2D eigenvalue weighted by atomic mass is 32.1. The van der Waals surface area contributed by atoms with E-state index in [2.05, 4.69) is 18.8 Å². The second-order valence-electron chi connectivity index (χ2n) is 5.88. The summed E-state index contributed by atoms with van der Waals surface area (Å²) in [6, 6.07) is 0. The third-order valence-corrected chi connectivity index (χ3v) is 4.79. The van der Waals surface area contributed by atoms with Crippen molar-refractivity contribution in [3.8, 4) is 0 Å². The SMILES string of the molecule is Cc1cn2c(=O)c(C(=O)N3CCOC(C(C)C)C3)cnc2s1. The number of nitrogens with zero attached hydrogens (tertiary/aromatic N) is 3. The lowest BCUT2D eigenvalue weighted by Gasteiger charge is -2.34. The van der Waals surface area contributed by atoms with Crippen LogP contribution in [0.4, 0.5) is 0 Å². The van der Waals surface area contributed by atoms with Crippen LogP contribution in [0.15, 0.2) is 17.2 Å². The second kappa shape index (κ2) is 5.81. The van der Waals surface area contributed by atoms with E-state index in [1.165, 1.54) is 21.9 Å². The minimum atomic E-state index is -0.299. The lowest BCUT2D eigenvalue weighted by atomic mass is 10.1. The molecule has 1 aliphatic heterocycles. The number of fused-ring (bicyclic) bond motifs is 1. The van der Waals surface area contributed by atoms with Gasteiger partial charge in [-0.25, -0.2) is 4.98 Å². The Balaban J connectivity index is 1.92. The molecule has 1 amide bonds. The molecule has 6 nitrogen and oxygen atoms in total. The fourth-order valence-corrected chi connectivity index (χ4v) is 3.36. The zero-order valence-electron chi connectivity index (χ0n) is 12.9. The first-order chi connectivity index (χ1) is 10.5. The average Bonchev–Trinajstić information content (AvgIpc) is 2.88. The number of carbonyl (C=O) groups is 1. The van der Waals surface area contributed by atoms with Crippen molar-refractivity contribution in [1.29, 1.82) is 0 Å². The number of carbonyl (C=O) groups excluding carboxylic acids is 1. The summed E-state index contributed by atoms with van der Waals surface area (Å²) in [4.78, 5) is 32.7. The Hall–Kier alpha value is -1.73. The van der Waals surface area contributed by atoms with Crippen molar-refractivity contribution in [3.05, 3.63) is 33.2 Å².